The standard InChI is InChI=1S/C15H27NO4/c1-3-12(11-20-2)16-13(17)10-15(14(18)19)8-6-4-5-7-9-15/h12H,3-11H2,1-2H3,(H,16,17)(H,18,19). The number of carbonyl (C=O) groups excluding carboxylic acids is 1. The van der Waals surface area contributed by atoms with Crippen molar-refractivity contribution in [3.63, 3.8) is 0 Å². The molecule has 0 saturated heterocycles. The predicted octanol–water partition coefficient (Wildman–Crippen LogP) is 2.34. The summed E-state index contributed by atoms with van der Waals surface area (Å²) >= 11 is 0. The topological polar surface area (TPSA) is 75.6 Å². The first-order valence-electron chi connectivity index (χ1n) is 7.56. The molecule has 0 aliphatic heterocycles. The smallest absolute Gasteiger partial charge is 0.310 e. The van der Waals surface area contributed by atoms with Crippen molar-refractivity contribution in [3.05, 3.63) is 0 Å². The number of ether oxygens (including phenoxy) is 1. The number of rotatable bonds is 7. The molecule has 0 aromatic heterocycles. The normalized spacial score (nSPS) is 19.9. The first kappa shape index (κ1) is 17.0. The molecule has 1 unspecified atom stereocenters. The van der Waals surface area contributed by atoms with Crippen LogP contribution < -0.4 is 5.32 Å². The summed E-state index contributed by atoms with van der Waals surface area (Å²) in [4.78, 5) is 23.8. The molecule has 1 saturated carbocycles. The molecule has 1 rings (SSSR count). The van der Waals surface area contributed by atoms with E-state index in [1.165, 1.54) is 0 Å². The Bertz CT molecular complexity index is 322. The van der Waals surface area contributed by atoms with Crippen LogP contribution >= 0.6 is 0 Å². The Labute approximate surface area is 121 Å². The minimum Gasteiger partial charge on any atom is -0.481 e. The molecule has 1 amide bonds. The zero-order valence-corrected chi connectivity index (χ0v) is 12.6. The Hall–Kier alpha value is -1.10. The summed E-state index contributed by atoms with van der Waals surface area (Å²) in [6.45, 7) is 2.44. The summed E-state index contributed by atoms with van der Waals surface area (Å²) in [5, 5.41) is 12.4. The average Bonchev–Trinajstić information content (AvgIpc) is 2.64. The molecule has 0 aromatic carbocycles. The Morgan fingerprint density at radius 2 is 1.85 bits per heavy atom. The quantitative estimate of drug-likeness (QED) is 0.704. The third kappa shape index (κ3) is 4.78. The molecule has 0 spiro atoms. The molecule has 5 heteroatoms. The minimum absolute atomic E-state index is 0.0378. The van der Waals surface area contributed by atoms with Gasteiger partial charge in [0.25, 0.3) is 0 Å². The maximum atomic E-state index is 12.1. The van der Waals surface area contributed by atoms with Gasteiger partial charge in [-0.2, -0.15) is 0 Å². The summed E-state index contributed by atoms with van der Waals surface area (Å²) < 4.78 is 5.05. The number of hydrogen-bond donors (Lipinski definition) is 2. The number of aliphatic carboxylic acids is 1. The first-order chi connectivity index (χ1) is 9.54. The van der Waals surface area contributed by atoms with Gasteiger partial charge in [0.05, 0.1) is 18.1 Å². The lowest BCUT2D eigenvalue weighted by Gasteiger charge is -2.28. The van der Waals surface area contributed by atoms with Crippen LogP contribution in [0.4, 0.5) is 0 Å². The van der Waals surface area contributed by atoms with Gasteiger partial charge in [0.1, 0.15) is 0 Å². The Kier molecular flexibility index (Phi) is 6.99. The van der Waals surface area contributed by atoms with Gasteiger partial charge in [-0.25, -0.2) is 0 Å². The second kappa shape index (κ2) is 8.25. The van der Waals surface area contributed by atoms with Crippen molar-refractivity contribution in [2.45, 2.75) is 64.3 Å². The van der Waals surface area contributed by atoms with E-state index in [1.807, 2.05) is 6.92 Å². The van der Waals surface area contributed by atoms with Crippen molar-refractivity contribution >= 4 is 11.9 Å². The lowest BCUT2D eigenvalue weighted by Crippen LogP contribution is -2.42. The molecule has 1 aliphatic carbocycles. The third-order valence-corrected chi connectivity index (χ3v) is 4.24. The monoisotopic (exact) mass is 285 g/mol. The fraction of sp³-hybridized carbons (Fsp3) is 0.867. The van der Waals surface area contributed by atoms with Gasteiger partial charge in [0.15, 0.2) is 0 Å². The molecule has 1 fully saturated rings. The zero-order valence-electron chi connectivity index (χ0n) is 12.6. The summed E-state index contributed by atoms with van der Waals surface area (Å²) in [5.74, 6) is -0.993. The van der Waals surface area contributed by atoms with E-state index in [2.05, 4.69) is 5.32 Å². The number of carbonyl (C=O) groups is 2. The molecular formula is C15H27NO4. The van der Waals surface area contributed by atoms with E-state index in [1.54, 1.807) is 7.11 Å². The van der Waals surface area contributed by atoms with Gasteiger partial charge >= 0.3 is 5.97 Å². The lowest BCUT2D eigenvalue weighted by molar-refractivity contribution is -0.153. The Morgan fingerprint density at radius 3 is 2.30 bits per heavy atom. The number of carboxylic acid groups (broad SMARTS) is 1. The van der Waals surface area contributed by atoms with Gasteiger partial charge < -0.3 is 15.2 Å². The van der Waals surface area contributed by atoms with E-state index in [0.29, 0.717) is 19.4 Å². The van der Waals surface area contributed by atoms with E-state index in [0.717, 1.165) is 32.1 Å². The highest BCUT2D eigenvalue weighted by molar-refractivity contribution is 5.85. The van der Waals surface area contributed by atoms with Gasteiger partial charge in [-0.15, -0.1) is 0 Å². The number of methoxy groups -OCH3 is 1. The number of hydrogen-bond acceptors (Lipinski definition) is 3. The van der Waals surface area contributed by atoms with Crippen LogP contribution in [0.25, 0.3) is 0 Å². The molecule has 2 N–H and O–H groups in total. The van der Waals surface area contributed by atoms with Crippen LogP contribution in [0.1, 0.15) is 58.3 Å². The second-order valence-corrected chi connectivity index (χ2v) is 5.80. The van der Waals surface area contributed by atoms with Crippen molar-refractivity contribution in [1.82, 2.24) is 5.32 Å². The molecule has 0 heterocycles. The summed E-state index contributed by atoms with van der Waals surface area (Å²) in [7, 11) is 1.60. The average molecular weight is 285 g/mol. The zero-order chi connectivity index (χ0) is 15.0. The molecule has 1 aliphatic rings. The van der Waals surface area contributed by atoms with Gasteiger partial charge in [0.2, 0.25) is 5.91 Å². The molecule has 0 aromatic rings. The Balaban J connectivity index is 2.65. The highest BCUT2D eigenvalue weighted by Crippen LogP contribution is 2.38. The molecule has 0 radical (unpaired) electrons. The van der Waals surface area contributed by atoms with E-state index in [-0.39, 0.29) is 18.4 Å². The molecule has 116 valence electrons. The van der Waals surface area contributed by atoms with Crippen LogP contribution in [-0.4, -0.2) is 36.7 Å². The van der Waals surface area contributed by atoms with Gasteiger partial charge in [0, 0.05) is 13.5 Å². The number of amides is 1. The minimum atomic E-state index is -0.869. The Morgan fingerprint density at radius 1 is 1.25 bits per heavy atom. The van der Waals surface area contributed by atoms with Crippen LogP contribution in [-0.2, 0) is 14.3 Å². The highest BCUT2D eigenvalue weighted by Gasteiger charge is 2.40. The molecular weight excluding hydrogens is 258 g/mol. The largest absolute Gasteiger partial charge is 0.481 e. The number of carboxylic acids is 1. The summed E-state index contributed by atoms with van der Waals surface area (Å²) in [6, 6.07) is -0.0378. The van der Waals surface area contributed by atoms with Crippen LogP contribution in [0, 0.1) is 5.41 Å². The van der Waals surface area contributed by atoms with Crippen molar-refractivity contribution in [2.24, 2.45) is 5.41 Å². The third-order valence-electron chi connectivity index (χ3n) is 4.24. The fourth-order valence-corrected chi connectivity index (χ4v) is 2.92. The summed E-state index contributed by atoms with van der Waals surface area (Å²) in [6.07, 6.45) is 6.01. The van der Waals surface area contributed by atoms with Crippen molar-refractivity contribution in [2.75, 3.05) is 13.7 Å². The van der Waals surface area contributed by atoms with E-state index in [9.17, 15) is 14.7 Å². The van der Waals surface area contributed by atoms with E-state index >= 15 is 0 Å². The SMILES string of the molecule is CCC(COC)NC(=O)CC1(C(=O)O)CCCCCC1. The fourth-order valence-electron chi connectivity index (χ4n) is 2.92. The molecule has 0 bridgehead atoms. The maximum Gasteiger partial charge on any atom is 0.310 e. The lowest BCUT2D eigenvalue weighted by atomic mass is 9.77. The first-order valence-corrected chi connectivity index (χ1v) is 7.56. The van der Waals surface area contributed by atoms with Crippen LogP contribution in [0.3, 0.4) is 0 Å². The van der Waals surface area contributed by atoms with Gasteiger partial charge in [-0.1, -0.05) is 32.6 Å². The highest BCUT2D eigenvalue weighted by atomic mass is 16.5. The molecule has 1 atom stereocenters. The van der Waals surface area contributed by atoms with Crippen LogP contribution in [0.2, 0.25) is 0 Å². The molecule has 5 nitrogen and oxygen atoms in total. The molecule has 20 heavy (non-hydrogen) atoms. The van der Waals surface area contributed by atoms with Crippen molar-refractivity contribution in [3.8, 4) is 0 Å². The van der Waals surface area contributed by atoms with E-state index < -0.39 is 11.4 Å². The van der Waals surface area contributed by atoms with Crippen LogP contribution in [0.15, 0.2) is 0 Å². The van der Waals surface area contributed by atoms with Crippen molar-refractivity contribution < 1.29 is 19.4 Å². The van der Waals surface area contributed by atoms with Crippen molar-refractivity contribution in [1.29, 1.82) is 0 Å². The van der Waals surface area contributed by atoms with Crippen LogP contribution in [0.5, 0.6) is 0 Å². The van der Waals surface area contributed by atoms with E-state index in [4.69, 9.17) is 4.74 Å². The predicted molar refractivity (Wildman–Crippen MR) is 76.5 cm³/mol. The van der Waals surface area contributed by atoms with Gasteiger partial charge in [-0.05, 0) is 19.3 Å². The second-order valence-electron chi connectivity index (χ2n) is 5.80. The maximum absolute atomic E-state index is 12.1. The number of nitrogens with one attached hydrogen (secondary N) is 1. The van der Waals surface area contributed by atoms with Gasteiger partial charge in [-0.3, -0.25) is 9.59 Å². The summed E-state index contributed by atoms with van der Waals surface area (Å²) in [5.41, 5.74) is -0.869.